The molecule has 0 unspecified atom stereocenters. The molecule has 4 rings (SSSR count). The van der Waals surface area contributed by atoms with Gasteiger partial charge in [-0.3, -0.25) is 28.7 Å². The number of hydrogen-bond acceptors (Lipinski definition) is 9. The summed E-state index contributed by atoms with van der Waals surface area (Å²) in [5.74, 6) is -4.03. The number of carbonyl (C=O) groups excluding carboxylic acids is 4. The summed E-state index contributed by atoms with van der Waals surface area (Å²) in [6.07, 6.45) is -1.93. The summed E-state index contributed by atoms with van der Waals surface area (Å²) in [5, 5.41) is 6.94. The first-order valence-electron chi connectivity index (χ1n) is 11.9. The molecule has 0 bridgehead atoms. The fourth-order valence-corrected chi connectivity index (χ4v) is 4.11. The Morgan fingerprint density at radius 1 is 1.02 bits per heavy atom. The molecule has 2 amide bonds. The fourth-order valence-electron chi connectivity index (χ4n) is 3.94. The minimum Gasteiger partial charge on any atom is -0.448 e. The van der Waals surface area contributed by atoms with Crippen LogP contribution in [0.15, 0.2) is 64.0 Å². The standard InChI is InChI=1S/C26H24ClN5O8/c1-14(33)38-21(24(35)29-18-5-3-16(4-6-18)23-30-26(37)40-31-23)22(39-15(2)34)25(36)32(12-10-27)19-7-8-20-17(13-19)9-11-28-20/h3-9,11,13,21-22,28H,10,12H2,1-2H3,(H,29,35)(H,30,31,37)/t21-,22-/m1/s1. The SMILES string of the molecule is CC(=O)O[C@@H](C(=O)Nc1ccc(-c2noc(=O)[nH]2)cc1)[C@@H](OC(C)=O)C(=O)N(CCCl)c1ccc2[nH]ccc2c1. The van der Waals surface area contributed by atoms with E-state index in [9.17, 15) is 24.0 Å². The molecule has 3 N–H and O–H groups in total. The quantitative estimate of drug-likeness (QED) is 0.191. The van der Waals surface area contributed by atoms with Crippen molar-refractivity contribution in [1.29, 1.82) is 0 Å². The van der Waals surface area contributed by atoms with E-state index in [1.54, 1.807) is 24.4 Å². The number of anilines is 2. The third-order valence-electron chi connectivity index (χ3n) is 5.65. The van der Waals surface area contributed by atoms with Crippen LogP contribution in [0.25, 0.3) is 22.3 Å². The summed E-state index contributed by atoms with van der Waals surface area (Å²) in [4.78, 5) is 69.0. The van der Waals surface area contributed by atoms with Crippen molar-refractivity contribution >= 4 is 57.6 Å². The number of amides is 2. The van der Waals surface area contributed by atoms with Gasteiger partial charge in [0.15, 0.2) is 5.82 Å². The number of carbonyl (C=O) groups is 4. The van der Waals surface area contributed by atoms with Crippen molar-refractivity contribution in [3.05, 3.63) is 65.3 Å². The Morgan fingerprint density at radius 3 is 2.35 bits per heavy atom. The number of fused-ring (bicyclic) bond motifs is 1. The van der Waals surface area contributed by atoms with Crippen molar-refractivity contribution in [2.45, 2.75) is 26.1 Å². The van der Waals surface area contributed by atoms with Crippen LogP contribution in [0.3, 0.4) is 0 Å². The number of alkyl halides is 1. The number of nitrogens with one attached hydrogen (secondary N) is 3. The molecule has 208 valence electrons. The largest absolute Gasteiger partial charge is 0.448 e. The van der Waals surface area contributed by atoms with Gasteiger partial charge in [-0.15, -0.1) is 11.6 Å². The van der Waals surface area contributed by atoms with E-state index in [4.69, 9.17) is 21.1 Å². The van der Waals surface area contributed by atoms with E-state index in [0.29, 0.717) is 11.3 Å². The number of halogens is 1. The highest BCUT2D eigenvalue weighted by Gasteiger charge is 2.42. The Balaban J connectivity index is 1.63. The second kappa shape index (κ2) is 12.3. The molecule has 2 aromatic carbocycles. The van der Waals surface area contributed by atoms with Gasteiger partial charge in [-0.05, 0) is 48.5 Å². The summed E-state index contributed by atoms with van der Waals surface area (Å²) < 4.78 is 15.0. The van der Waals surface area contributed by atoms with Gasteiger partial charge >= 0.3 is 17.7 Å². The number of benzene rings is 2. The van der Waals surface area contributed by atoms with Crippen LogP contribution in [0.2, 0.25) is 0 Å². The zero-order valence-electron chi connectivity index (χ0n) is 21.3. The van der Waals surface area contributed by atoms with Gasteiger partial charge in [0.05, 0.1) is 0 Å². The molecule has 2 heterocycles. The van der Waals surface area contributed by atoms with E-state index >= 15 is 0 Å². The van der Waals surface area contributed by atoms with Gasteiger partial charge in [0, 0.05) is 60.3 Å². The van der Waals surface area contributed by atoms with E-state index in [-0.39, 0.29) is 23.9 Å². The first-order chi connectivity index (χ1) is 19.2. The van der Waals surface area contributed by atoms with Crippen molar-refractivity contribution < 1.29 is 33.2 Å². The second-order valence-electron chi connectivity index (χ2n) is 8.50. The van der Waals surface area contributed by atoms with Crippen molar-refractivity contribution in [2.75, 3.05) is 22.6 Å². The lowest BCUT2D eigenvalue weighted by Gasteiger charge is -2.30. The second-order valence-corrected chi connectivity index (χ2v) is 8.88. The number of nitrogens with zero attached hydrogens (tertiary/aromatic N) is 2. The average Bonchev–Trinajstić information content (AvgIpc) is 3.57. The molecule has 0 aliphatic rings. The topological polar surface area (TPSA) is 177 Å². The first kappa shape index (κ1) is 28.1. The molecule has 40 heavy (non-hydrogen) atoms. The molecule has 0 saturated heterocycles. The smallest absolute Gasteiger partial charge is 0.439 e. The molecule has 4 aromatic rings. The minimum absolute atomic E-state index is 0.00803. The van der Waals surface area contributed by atoms with Crippen LogP contribution in [0.5, 0.6) is 0 Å². The number of H-pyrrole nitrogens is 2. The molecule has 0 fully saturated rings. The molecule has 0 saturated carbocycles. The van der Waals surface area contributed by atoms with Gasteiger partial charge in [0.1, 0.15) is 0 Å². The van der Waals surface area contributed by atoms with Crippen LogP contribution in [0, 0.1) is 0 Å². The molecule has 0 radical (unpaired) electrons. The summed E-state index contributed by atoms with van der Waals surface area (Å²) in [5.41, 5.74) is 2.00. The van der Waals surface area contributed by atoms with Crippen LogP contribution in [-0.4, -0.2) is 63.5 Å². The van der Waals surface area contributed by atoms with E-state index < -0.39 is 41.7 Å². The lowest BCUT2D eigenvalue weighted by molar-refractivity contribution is -0.172. The number of hydrogen-bond donors (Lipinski definition) is 3. The lowest BCUT2D eigenvalue weighted by atomic mass is 10.1. The monoisotopic (exact) mass is 569 g/mol. The molecule has 0 aliphatic heterocycles. The normalized spacial score (nSPS) is 12.4. The van der Waals surface area contributed by atoms with Gasteiger partial charge in [0.25, 0.3) is 11.8 Å². The number of ether oxygens (including phenoxy) is 2. The Labute approximate surface area is 231 Å². The first-order valence-corrected chi connectivity index (χ1v) is 12.5. The van der Waals surface area contributed by atoms with Gasteiger partial charge in [0.2, 0.25) is 12.2 Å². The summed E-state index contributed by atoms with van der Waals surface area (Å²) in [7, 11) is 0. The van der Waals surface area contributed by atoms with Gasteiger partial charge < -0.3 is 24.7 Å². The van der Waals surface area contributed by atoms with Crippen molar-refractivity contribution in [3.8, 4) is 11.4 Å². The van der Waals surface area contributed by atoms with Gasteiger partial charge in [-0.2, -0.15) is 0 Å². The highest BCUT2D eigenvalue weighted by molar-refractivity contribution is 6.18. The Hall–Kier alpha value is -4.91. The predicted molar refractivity (Wildman–Crippen MR) is 144 cm³/mol. The molecule has 13 nitrogen and oxygen atoms in total. The van der Waals surface area contributed by atoms with E-state index in [1.165, 1.54) is 29.2 Å². The van der Waals surface area contributed by atoms with Crippen LogP contribution >= 0.6 is 11.6 Å². The van der Waals surface area contributed by atoms with E-state index in [2.05, 4.69) is 25.0 Å². The van der Waals surface area contributed by atoms with Crippen molar-refractivity contribution in [2.24, 2.45) is 0 Å². The third kappa shape index (κ3) is 6.56. The number of aromatic nitrogens is 3. The van der Waals surface area contributed by atoms with Crippen LogP contribution < -0.4 is 16.0 Å². The van der Waals surface area contributed by atoms with Gasteiger partial charge in [-0.25, -0.2) is 4.79 Å². The number of esters is 2. The van der Waals surface area contributed by atoms with Crippen LogP contribution in [0.1, 0.15) is 13.8 Å². The molecule has 2 aromatic heterocycles. The average molecular weight is 570 g/mol. The summed E-state index contributed by atoms with van der Waals surface area (Å²) >= 11 is 5.99. The number of aromatic amines is 2. The number of rotatable bonds is 10. The predicted octanol–water partition coefficient (Wildman–Crippen LogP) is 2.59. The highest BCUT2D eigenvalue weighted by Crippen LogP contribution is 2.24. The summed E-state index contributed by atoms with van der Waals surface area (Å²) in [6, 6.07) is 13.0. The third-order valence-corrected chi connectivity index (χ3v) is 5.82. The molecule has 14 heteroatoms. The van der Waals surface area contributed by atoms with E-state index in [1.807, 2.05) is 6.07 Å². The zero-order chi connectivity index (χ0) is 28.8. The van der Waals surface area contributed by atoms with Gasteiger partial charge in [-0.1, -0.05) is 5.16 Å². The van der Waals surface area contributed by atoms with E-state index in [0.717, 1.165) is 24.8 Å². The maximum atomic E-state index is 13.8. The van der Waals surface area contributed by atoms with Crippen LogP contribution in [0.4, 0.5) is 11.4 Å². The molecular weight excluding hydrogens is 546 g/mol. The molecule has 0 aliphatic carbocycles. The fraction of sp³-hybridized carbons (Fsp3) is 0.231. The zero-order valence-corrected chi connectivity index (χ0v) is 22.1. The van der Waals surface area contributed by atoms with Crippen molar-refractivity contribution in [1.82, 2.24) is 15.1 Å². The maximum absolute atomic E-state index is 13.8. The Bertz CT molecular complexity index is 1590. The highest BCUT2D eigenvalue weighted by atomic mass is 35.5. The van der Waals surface area contributed by atoms with Crippen molar-refractivity contribution in [3.63, 3.8) is 0 Å². The lowest BCUT2D eigenvalue weighted by Crippen LogP contribution is -2.53. The minimum atomic E-state index is -1.84. The summed E-state index contributed by atoms with van der Waals surface area (Å²) in [6.45, 7) is 2.13. The van der Waals surface area contributed by atoms with Crippen LogP contribution in [-0.2, 0) is 28.7 Å². The molecule has 2 atom stereocenters. The Kier molecular flexibility index (Phi) is 8.64. The Morgan fingerprint density at radius 2 is 1.73 bits per heavy atom. The molecule has 0 spiro atoms. The maximum Gasteiger partial charge on any atom is 0.439 e. The molecular formula is C26H24ClN5O8.